The molecule has 0 saturated heterocycles. The highest BCUT2D eigenvalue weighted by Crippen LogP contribution is 1.92. The second-order valence-corrected chi connectivity index (χ2v) is 1.90. The zero-order valence-corrected chi connectivity index (χ0v) is 5.53. The van der Waals surface area contributed by atoms with E-state index >= 15 is 0 Å². The van der Waals surface area contributed by atoms with Crippen LogP contribution in [-0.2, 0) is 7.05 Å². The number of rotatable bonds is 0. The highest BCUT2D eigenvalue weighted by molar-refractivity contribution is 7.71. The number of aromatic nitrogens is 2. The van der Waals surface area contributed by atoms with Crippen molar-refractivity contribution >= 4 is 12.2 Å². The normalized spacial score (nSPS) is 9.75. The summed E-state index contributed by atoms with van der Waals surface area (Å²) in [7, 11) is 1.81. The van der Waals surface area contributed by atoms with Crippen LogP contribution in [0.1, 0.15) is 5.82 Å². The molecule has 0 bridgehead atoms. The third-order valence-corrected chi connectivity index (χ3v) is 1.36. The van der Waals surface area contributed by atoms with Crippen molar-refractivity contribution in [2.45, 2.75) is 6.92 Å². The van der Waals surface area contributed by atoms with Gasteiger partial charge in [-0.2, -0.15) is 0 Å². The first-order chi connectivity index (χ1) is 3.72. The SMILES string of the molecule is Cc1noc(=S)n1C. The number of hydrogen-bond donors (Lipinski definition) is 0. The van der Waals surface area contributed by atoms with Gasteiger partial charge in [0.25, 0.3) is 4.84 Å². The summed E-state index contributed by atoms with van der Waals surface area (Å²) in [5.74, 6) is 0.801. The third kappa shape index (κ3) is 0.667. The van der Waals surface area contributed by atoms with Gasteiger partial charge in [0.2, 0.25) is 0 Å². The second-order valence-electron chi connectivity index (χ2n) is 1.55. The Morgan fingerprint density at radius 2 is 2.38 bits per heavy atom. The van der Waals surface area contributed by atoms with Gasteiger partial charge in [0.1, 0.15) is 5.82 Å². The molecule has 0 fully saturated rings. The van der Waals surface area contributed by atoms with Gasteiger partial charge in [-0.15, -0.1) is 0 Å². The molecule has 3 nitrogen and oxygen atoms in total. The molecule has 1 rings (SSSR count). The number of nitrogens with zero attached hydrogens (tertiary/aromatic N) is 2. The van der Waals surface area contributed by atoms with Crippen LogP contribution < -0.4 is 0 Å². The van der Waals surface area contributed by atoms with Crippen LogP contribution in [-0.4, -0.2) is 9.72 Å². The molecule has 1 aromatic heterocycles. The molecule has 0 aromatic carbocycles. The van der Waals surface area contributed by atoms with E-state index in [-0.39, 0.29) is 0 Å². The Morgan fingerprint density at radius 1 is 1.75 bits per heavy atom. The second kappa shape index (κ2) is 1.70. The molecule has 0 saturated carbocycles. The molecule has 0 spiro atoms. The zero-order valence-electron chi connectivity index (χ0n) is 4.71. The maximum atomic E-state index is 4.71. The molecule has 0 amide bonds. The highest BCUT2D eigenvalue weighted by Gasteiger charge is 1.93. The maximum Gasteiger partial charge on any atom is 0.297 e. The molecule has 44 valence electrons. The maximum absolute atomic E-state index is 4.71. The van der Waals surface area contributed by atoms with Crippen molar-refractivity contribution in [3.63, 3.8) is 0 Å². The lowest BCUT2D eigenvalue weighted by atomic mass is 10.7. The van der Waals surface area contributed by atoms with E-state index in [1.54, 1.807) is 4.57 Å². The molecule has 1 aromatic rings. The minimum absolute atomic E-state index is 0.419. The average Bonchev–Trinajstić information content (AvgIpc) is 1.98. The summed E-state index contributed by atoms with van der Waals surface area (Å²) in [5.41, 5.74) is 0. The van der Waals surface area contributed by atoms with Gasteiger partial charge >= 0.3 is 0 Å². The quantitative estimate of drug-likeness (QED) is 0.492. The fourth-order valence-corrected chi connectivity index (χ4v) is 0.529. The molecule has 1 heterocycles. The van der Waals surface area contributed by atoms with Crippen molar-refractivity contribution in [1.29, 1.82) is 0 Å². The smallest absolute Gasteiger partial charge is 0.297 e. The molecule has 0 aliphatic heterocycles. The van der Waals surface area contributed by atoms with Crippen molar-refractivity contribution in [3.8, 4) is 0 Å². The minimum Gasteiger partial charge on any atom is -0.324 e. The van der Waals surface area contributed by atoms with Gasteiger partial charge in [-0.05, 0) is 19.1 Å². The minimum atomic E-state index is 0.419. The summed E-state index contributed by atoms with van der Waals surface area (Å²) in [6, 6.07) is 0. The first-order valence-electron chi connectivity index (χ1n) is 2.21. The standard InChI is InChI=1S/C4H6N2OS/c1-3-5-7-4(8)6(3)2/h1-2H3. The number of aryl methyl sites for hydroxylation is 1. The lowest BCUT2D eigenvalue weighted by molar-refractivity contribution is 0.396. The molecule has 0 radical (unpaired) electrons. The summed E-state index contributed by atoms with van der Waals surface area (Å²) >= 11 is 4.71. The summed E-state index contributed by atoms with van der Waals surface area (Å²) in [4.78, 5) is 0.419. The van der Waals surface area contributed by atoms with Crippen molar-refractivity contribution in [2.24, 2.45) is 7.05 Å². The lowest BCUT2D eigenvalue weighted by Gasteiger charge is -1.83. The van der Waals surface area contributed by atoms with Gasteiger partial charge in [-0.25, -0.2) is 0 Å². The fourth-order valence-electron chi connectivity index (χ4n) is 0.360. The van der Waals surface area contributed by atoms with Crippen LogP contribution in [0.25, 0.3) is 0 Å². The third-order valence-electron chi connectivity index (χ3n) is 1.02. The summed E-state index contributed by atoms with van der Waals surface area (Å²) in [6.45, 7) is 1.83. The van der Waals surface area contributed by atoms with E-state index < -0.39 is 0 Å². The summed E-state index contributed by atoms with van der Waals surface area (Å²) in [6.07, 6.45) is 0. The Balaban J connectivity index is 3.41. The van der Waals surface area contributed by atoms with E-state index in [0.717, 1.165) is 5.82 Å². The van der Waals surface area contributed by atoms with Crippen LogP contribution in [0, 0.1) is 11.8 Å². The Labute approximate surface area is 51.9 Å². The zero-order chi connectivity index (χ0) is 6.15. The van der Waals surface area contributed by atoms with Crippen molar-refractivity contribution < 1.29 is 4.52 Å². The highest BCUT2D eigenvalue weighted by atomic mass is 32.1. The van der Waals surface area contributed by atoms with Crippen LogP contribution in [0.15, 0.2) is 4.52 Å². The Hall–Kier alpha value is -0.640. The van der Waals surface area contributed by atoms with Crippen LogP contribution >= 0.6 is 12.2 Å². The molecule has 0 aliphatic rings. The molecule has 0 aliphatic carbocycles. The molecule has 4 heteroatoms. The number of hydrogen-bond acceptors (Lipinski definition) is 3. The first kappa shape index (κ1) is 5.50. The molecule has 0 N–H and O–H groups in total. The van der Waals surface area contributed by atoms with Crippen LogP contribution in [0.2, 0.25) is 0 Å². The summed E-state index contributed by atoms with van der Waals surface area (Å²) < 4.78 is 6.33. The van der Waals surface area contributed by atoms with Crippen molar-refractivity contribution in [1.82, 2.24) is 9.72 Å². The van der Waals surface area contributed by atoms with E-state index in [1.807, 2.05) is 14.0 Å². The average molecular weight is 130 g/mol. The first-order valence-corrected chi connectivity index (χ1v) is 2.62. The van der Waals surface area contributed by atoms with E-state index in [9.17, 15) is 0 Å². The van der Waals surface area contributed by atoms with E-state index in [0.29, 0.717) is 4.84 Å². The predicted molar refractivity (Wildman–Crippen MR) is 31.0 cm³/mol. The molecule has 0 unspecified atom stereocenters. The fraction of sp³-hybridized carbons (Fsp3) is 0.500. The van der Waals surface area contributed by atoms with E-state index in [2.05, 4.69) is 9.68 Å². The van der Waals surface area contributed by atoms with Crippen molar-refractivity contribution in [2.75, 3.05) is 0 Å². The Bertz CT molecular complexity index is 236. The van der Waals surface area contributed by atoms with Gasteiger partial charge in [0.05, 0.1) is 0 Å². The van der Waals surface area contributed by atoms with Gasteiger partial charge in [-0.1, -0.05) is 5.16 Å². The van der Waals surface area contributed by atoms with Gasteiger partial charge < -0.3 is 4.52 Å². The molecular weight excluding hydrogens is 124 g/mol. The van der Waals surface area contributed by atoms with E-state index in [1.165, 1.54) is 0 Å². The van der Waals surface area contributed by atoms with Gasteiger partial charge in [0, 0.05) is 7.05 Å². The Kier molecular flexibility index (Phi) is 1.17. The van der Waals surface area contributed by atoms with Gasteiger partial charge in [-0.3, -0.25) is 4.57 Å². The largest absolute Gasteiger partial charge is 0.324 e. The molecule has 8 heavy (non-hydrogen) atoms. The Morgan fingerprint density at radius 3 is 2.50 bits per heavy atom. The van der Waals surface area contributed by atoms with Crippen LogP contribution in [0.4, 0.5) is 0 Å². The summed E-state index contributed by atoms with van der Waals surface area (Å²) in [5, 5.41) is 3.60. The lowest BCUT2D eigenvalue weighted by Crippen LogP contribution is -1.89. The van der Waals surface area contributed by atoms with Gasteiger partial charge in [0.15, 0.2) is 0 Å². The van der Waals surface area contributed by atoms with Crippen molar-refractivity contribution in [3.05, 3.63) is 10.7 Å². The molecule has 0 atom stereocenters. The monoisotopic (exact) mass is 130 g/mol. The topological polar surface area (TPSA) is 31.0 Å². The predicted octanol–water partition coefficient (Wildman–Crippen LogP) is 1.05. The van der Waals surface area contributed by atoms with E-state index in [4.69, 9.17) is 12.2 Å². The molecular formula is C4H6N2OS. The van der Waals surface area contributed by atoms with Crippen LogP contribution in [0.3, 0.4) is 0 Å². The van der Waals surface area contributed by atoms with Crippen LogP contribution in [0.5, 0.6) is 0 Å².